The van der Waals surface area contributed by atoms with Crippen LogP contribution in [0.1, 0.15) is 26.2 Å². The van der Waals surface area contributed by atoms with Gasteiger partial charge < -0.3 is 0 Å². The van der Waals surface area contributed by atoms with Crippen molar-refractivity contribution in [2.24, 2.45) is 0 Å². The maximum atomic E-state index is 2.41. The van der Waals surface area contributed by atoms with Crippen LogP contribution in [0.15, 0.2) is 0 Å². The average Bonchev–Trinajstić information content (AvgIpc) is 1.77. The molecule has 0 aliphatic carbocycles. The van der Waals surface area contributed by atoms with E-state index in [9.17, 15) is 0 Å². The van der Waals surface area contributed by atoms with E-state index in [0.717, 1.165) is 16.1 Å². The molecule has 0 nitrogen and oxygen atoms in total. The zero-order chi connectivity index (χ0) is 5.98. The van der Waals surface area contributed by atoms with Crippen LogP contribution in [-0.4, -0.2) is 17.3 Å². The lowest BCUT2D eigenvalue weighted by atomic mass is 10.2. The SMILES string of the molecule is CC1CCCC[S+]1C. The topological polar surface area (TPSA) is 0 Å². The molecule has 1 rings (SSSR count). The lowest BCUT2D eigenvalue weighted by molar-refractivity contribution is 0.686. The van der Waals surface area contributed by atoms with Crippen LogP contribution >= 0.6 is 0 Å². The van der Waals surface area contributed by atoms with Gasteiger partial charge in [0.05, 0.1) is 6.26 Å². The minimum absolute atomic E-state index is 0.765. The molecule has 1 fully saturated rings. The van der Waals surface area contributed by atoms with E-state index in [0.29, 0.717) is 0 Å². The van der Waals surface area contributed by atoms with E-state index < -0.39 is 0 Å². The number of hydrogen-bond donors (Lipinski definition) is 0. The van der Waals surface area contributed by atoms with Crippen molar-refractivity contribution >= 4 is 10.9 Å². The van der Waals surface area contributed by atoms with Gasteiger partial charge in [-0.25, -0.2) is 0 Å². The molecule has 8 heavy (non-hydrogen) atoms. The first-order valence-corrected chi connectivity index (χ1v) is 5.28. The Morgan fingerprint density at radius 1 is 1.38 bits per heavy atom. The largest absolute Gasteiger partial charge is 0.115 e. The highest BCUT2D eigenvalue weighted by Crippen LogP contribution is 2.18. The summed E-state index contributed by atoms with van der Waals surface area (Å²) in [5.41, 5.74) is 0. The van der Waals surface area contributed by atoms with Crippen molar-refractivity contribution < 1.29 is 0 Å². The maximum absolute atomic E-state index is 2.41. The van der Waals surface area contributed by atoms with Gasteiger partial charge in [-0.2, -0.15) is 0 Å². The first-order valence-electron chi connectivity index (χ1n) is 3.42. The number of rotatable bonds is 0. The van der Waals surface area contributed by atoms with Gasteiger partial charge in [-0.1, -0.05) is 0 Å². The van der Waals surface area contributed by atoms with Crippen molar-refractivity contribution in [3.63, 3.8) is 0 Å². The molecule has 0 aromatic rings. The summed E-state index contributed by atoms with van der Waals surface area (Å²) in [6, 6.07) is 0. The van der Waals surface area contributed by atoms with Crippen molar-refractivity contribution in [3.05, 3.63) is 0 Å². The van der Waals surface area contributed by atoms with E-state index in [1.807, 2.05) is 0 Å². The Kier molecular flexibility index (Phi) is 2.24. The summed E-state index contributed by atoms with van der Waals surface area (Å²) in [6.45, 7) is 2.39. The van der Waals surface area contributed by atoms with Gasteiger partial charge in [0.1, 0.15) is 11.0 Å². The standard InChI is InChI=1S/C7H15S/c1-7-5-3-4-6-8(7)2/h7H,3-6H2,1-2H3/q+1. The monoisotopic (exact) mass is 131 g/mol. The van der Waals surface area contributed by atoms with E-state index in [2.05, 4.69) is 13.2 Å². The van der Waals surface area contributed by atoms with E-state index in [1.54, 1.807) is 0 Å². The van der Waals surface area contributed by atoms with Crippen molar-refractivity contribution in [1.29, 1.82) is 0 Å². The molecule has 0 aromatic carbocycles. The zero-order valence-corrected chi connectivity index (χ0v) is 6.63. The van der Waals surface area contributed by atoms with Gasteiger partial charge in [0, 0.05) is 0 Å². The van der Waals surface area contributed by atoms with Gasteiger partial charge >= 0.3 is 0 Å². The van der Waals surface area contributed by atoms with Crippen LogP contribution in [0, 0.1) is 0 Å². The smallest absolute Gasteiger partial charge is 0.0441 e. The van der Waals surface area contributed by atoms with Crippen LogP contribution in [0.25, 0.3) is 0 Å². The van der Waals surface area contributed by atoms with Gasteiger partial charge in [-0.05, 0) is 37.1 Å². The summed E-state index contributed by atoms with van der Waals surface area (Å²) in [6.07, 6.45) is 6.87. The fraction of sp³-hybridized carbons (Fsp3) is 1.00. The summed E-state index contributed by atoms with van der Waals surface area (Å²) in [5, 5.41) is 1.03. The second-order valence-electron chi connectivity index (χ2n) is 2.70. The predicted molar refractivity (Wildman–Crippen MR) is 41.5 cm³/mol. The molecule has 0 amide bonds. The molecule has 0 aromatic heterocycles. The zero-order valence-electron chi connectivity index (χ0n) is 5.81. The fourth-order valence-electron chi connectivity index (χ4n) is 1.16. The minimum atomic E-state index is 0.765. The van der Waals surface area contributed by atoms with Crippen LogP contribution < -0.4 is 0 Å². The third-order valence-corrected chi connectivity index (χ3v) is 4.56. The van der Waals surface area contributed by atoms with E-state index in [4.69, 9.17) is 0 Å². The summed E-state index contributed by atoms with van der Waals surface area (Å²) in [5.74, 6) is 1.50. The average molecular weight is 131 g/mol. The summed E-state index contributed by atoms with van der Waals surface area (Å²) in [7, 11) is 0.765. The lowest BCUT2D eigenvalue weighted by Gasteiger charge is -2.16. The molecular formula is C7H15S+. The molecule has 1 aliphatic rings. The molecule has 0 spiro atoms. The van der Waals surface area contributed by atoms with Crippen LogP contribution in [0.4, 0.5) is 0 Å². The van der Waals surface area contributed by atoms with Crippen molar-refractivity contribution in [2.45, 2.75) is 31.4 Å². The quantitative estimate of drug-likeness (QED) is 0.440. The van der Waals surface area contributed by atoms with Crippen LogP contribution in [-0.2, 0) is 10.9 Å². The Bertz CT molecular complexity index is 60.8. The second-order valence-corrected chi connectivity index (χ2v) is 5.30. The molecule has 0 bridgehead atoms. The fourth-order valence-corrected chi connectivity index (χ4v) is 2.79. The molecule has 0 N–H and O–H groups in total. The van der Waals surface area contributed by atoms with E-state index in [1.165, 1.54) is 25.0 Å². The van der Waals surface area contributed by atoms with Gasteiger partial charge in [0.15, 0.2) is 0 Å². The van der Waals surface area contributed by atoms with Crippen LogP contribution in [0.5, 0.6) is 0 Å². The van der Waals surface area contributed by atoms with Crippen molar-refractivity contribution in [1.82, 2.24) is 0 Å². The highest BCUT2D eigenvalue weighted by atomic mass is 32.2. The minimum Gasteiger partial charge on any atom is -0.0441 e. The molecular weight excluding hydrogens is 116 g/mol. The van der Waals surface area contributed by atoms with Gasteiger partial charge in [-0.15, -0.1) is 0 Å². The Hall–Kier alpha value is 0.350. The first kappa shape index (κ1) is 6.47. The Morgan fingerprint density at radius 3 is 2.50 bits per heavy atom. The maximum Gasteiger partial charge on any atom is 0.115 e. The molecule has 1 saturated heterocycles. The Labute approximate surface area is 55.0 Å². The summed E-state index contributed by atoms with van der Waals surface area (Å²) in [4.78, 5) is 0. The third kappa shape index (κ3) is 1.41. The van der Waals surface area contributed by atoms with E-state index >= 15 is 0 Å². The van der Waals surface area contributed by atoms with Gasteiger partial charge in [-0.3, -0.25) is 0 Å². The molecule has 2 unspecified atom stereocenters. The van der Waals surface area contributed by atoms with Crippen LogP contribution in [0.2, 0.25) is 0 Å². The molecule has 1 heterocycles. The highest BCUT2D eigenvalue weighted by Gasteiger charge is 2.24. The second kappa shape index (κ2) is 2.77. The molecule has 2 atom stereocenters. The third-order valence-electron chi connectivity index (χ3n) is 2.01. The predicted octanol–water partition coefficient (Wildman–Crippen LogP) is 1.81. The van der Waals surface area contributed by atoms with Crippen LogP contribution in [0.3, 0.4) is 0 Å². The Morgan fingerprint density at radius 2 is 2.12 bits per heavy atom. The highest BCUT2D eigenvalue weighted by molar-refractivity contribution is 7.96. The molecule has 48 valence electrons. The van der Waals surface area contributed by atoms with Crippen molar-refractivity contribution in [3.8, 4) is 0 Å². The van der Waals surface area contributed by atoms with Gasteiger partial charge in [0.2, 0.25) is 0 Å². The molecule has 0 saturated carbocycles. The lowest BCUT2D eigenvalue weighted by Crippen LogP contribution is -2.24. The molecule has 1 heteroatoms. The Balaban J connectivity index is 2.28. The summed E-state index contributed by atoms with van der Waals surface area (Å²) < 4.78 is 0. The van der Waals surface area contributed by atoms with Gasteiger partial charge in [0.25, 0.3) is 0 Å². The number of hydrogen-bond acceptors (Lipinski definition) is 0. The van der Waals surface area contributed by atoms with Crippen molar-refractivity contribution in [2.75, 3.05) is 12.0 Å². The van der Waals surface area contributed by atoms with E-state index in [-0.39, 0.29) is 0 Å². The normalized spacial score (nSPS) is 39.8. The first-order chi connectivity index (χ1) is 3.80. The molecule has 0 radical (unpaired) electrons. The summed E-state index contributed by atoms with van der Waals surface area (Å²) >= 11 is 0. The molecule has 1 aliphatic heterocycles.